The molecule has 1 heterocycles. The zero-order valence-electron chi connectivity index (χ0n) is 14.7. The van der Waals surface area contributed by atoms with Crippen molar-refractivity contribution < 1.29 is 5.11 Å². The maximum atomic E-state index is 9.49. The van der Waals surface area contributed by atoms with Gasteiger partial charge in [0.25, 0.3) is 0 Å². The van der Waals surface area contributed by atoms with Gasteiger partial charge in [-0.2, -0.15) is 0 Å². The van der Waals surface area contributed by atoms with Crippen LogP contribution in [0.15, 0.2) is 0 Å². The fraction of sp³-hybridized carbons (Fsp3) is 1.00. The summed E-state index contributed by atoms with van der Waals surface area (Å²) in [6, 6.07) is 0.734. The number of rotatable bonds is 10. The Morgan fingerprint density at radius 3 is 2.33 bits per heavy atom. The Labute approximate surface area is 131 Å². The maximum absolute atomic E-state index is 9.49. The molecule has 1 aliphatic heterocycles. The van der Waals surface area contributed by atoms with Gasteiger partial charge >= 0.3 is 0 Å². The Morgan fingerprint density at radius 2 is 1.81 bits per heavy atom. The van der Waals surface area contributed by atoms with Crippen molar-refractivity contribution >= 4 is 0 Å². The number of nitrogens with one attached hydrogen (secondary N) is 1. The molecule has 126 valence electrons. The molecule has 1 rings (SSSR count). The van der Waals surface area contributed by atoms with Crippen LogP contribution in [0, 0.1) is 0 Å². The fourth-order valence-corrected chi connectivity index (χ4v) is 3.19. The first-order valence-corrected chi connectivity index (χ1v) is 8.87. The van der Waals surface area contributed by atoms with Crippen molar-refractivity contribution in [2.45, 2.75) is 65.0 Å². The second-order valence-electron chi connectivity index (χ2n) is 6.84. The van der Waals surface area contributed by atoms with E-state index in [-0.39, 0.29) is 12.1 Å². The molecule has 1 aliphatic rings. The number of likely N-dealkylation sites (N-methyl/N-ethyl adjacent to an activating group) is 1. The van der Waals surface area contributed by atoms with Crippen LogP contribution >= 0.6 is 0 Å². The van der Waals surface area contributed by atoms with Gasteiger partial charge in [0.05, 0.1) is 6.61 Å². The lowest BCUT2D eigenvalue weighted by Crippen LogP contribution is -2.49. The number of hydrogen-bond acceptors (Lipinski definition) is 4. The molecule has 2 N–H and O–H groups in total. The van der Waals surface area contributed by atoms with Gasteiger partial charge in [0.2, 0.25) is 0 Å². The van der Waals surface area contributed by atoms with Crippen LogP contribution in [0.2, 0.25) is 0 Å². The Hall–Kier alpha value is -0.160. The van der Waals surface area contributed by atoms with E-state index in [9.17, 15) is 5.11 Å². The minimum absolute atomic E-state index is 0.0932. The topological polar surface area (TPSA) is 38.7 Å². The molecule has 4 heteroatoms. The molecule has 0 spiro atoms. The van der Waals surface area contributed by atoms with Crippen molar-refractivity contribution in [2.75, 3.05) is 45.9 Å². The molecule has 0 aromatic heterocycles. The molecule has 0 aromatic carbocycles. The highest BCUT2D eigenvalue weighted by atomic mass is 16.3. The molecule has 0 aromatic rings. The van der Waals surface area contributed by atoms with E-state index in [2.05, 4.69) is 42.8 Å². The lowest BCUT2D eigenvalue weighted by Gasteiger charge is -2.38. The second-order valence-corrected chi connectivity index (χ2v) is 6.84. The van der Waals surface area contributed by atoms with Crippen LogP contribution in [0.4, 0.5) is 0 Å². The monoisotopic (exact) mass is 299 g/mol. The third-order valence-electron chi connectivity index (χ3n) is 5.03. The largest absolute Gasteiger partial charge is 0.394 e. The number of unbranched alkanes of at least 4 members (excludes halogenated alkanes) is 1. The average Bonchev–Trinajstić information content (AvgIpc) is 2.51. The van der Waals surface area contributed by atoms with Crippen LogP contribution in [0.25, 0.3) is 0 Å². The van der Waals surface area contributed by atoms with Crippen molar-refractivity contribution in [1.29, 1.82) is 0 Å². The number of piperazine rings is 1. The van der Waals surface area contributed by atoms with E-state index in [1.54, 1.807) is 0 Å². The van der Waals surface area contributed by atoms with E-state index >= 15 is 0 Å². The van der Waals surface area contributed by atoms with Crippen molar-refractivity contribution in [3.8, 4) is 0 Å². The van der Waals surface area contributed by atoms with Gasteiger partial charge in [-0.1, -0.05) is 20.3 Å². The van der Waals surface area contributed by atoms with E-state index < -0.39 is 0 Å². The summed E-state index contributed by atoms with van der Waals surface area (Å²) in [6.45, 7) is 16.1. The number of hydrogen-bond donors (Lipinski definition) is 2. The first kappa shape index (κ1) is 18.9. The fourth-order valence-electron chi connectivity index (χ4n) is 3.19. The van der Waals surface area contributed by atoms with Gasteiger partial charge in [0.15, 0.2) is 0 Å². The standard InChI is InChI=1S/C17H37N3O/c1-5-16(3)20-13-11-19(12-14-20)10-8-7-9-17(4,15-21)18-6-2/h16,18,21H,5-15H2,1-4H3. The molecule has 4 nitrogen and oxygen atoms in total. The van der Waals surface area contributed by atoms with Crippen molar-refractivity contribution in [1.82, 2.24) is 15.1 Å². The minimum Gasteiger partial charge on any atom is -0.394 e. The highest BCUT2D eigenvalue weighted by Crippen LogP contribution is 2.14. The molecule has 1 fully saturated rings. The first-order valence-electron chi connectivity index (χ1n) is 8.87. The molecule has 21 heavy (non-hydrogen) atoms. The van der Waals surface area contributed by atoms with E-state index in [0.29, 0.717) is 0 Å². The average molecular weight is 300 g/mol. The van der Waals surface area contributed by atoms with Crippen LogP contribution in [-0.2, 0) is 0 Å². The lowest BCUT2D eigenvalue weighted by molar-refractivity contribution is 0.0980. The summed E-state index contributed by atoms with van der Waals surface area (Å²) in [7, 11) is 0. The van der Waals surface area contributed by atoms with Crippen molar-refractivity contribution in [3.63, 3.8) is 0 Å². The lowest BCUT2D eigenvalue weighted by atomic mass is 9.95. The third-order valence-corrected chi connectivity index (χ3v) is 5.03. The van der Waals surface area contributed by atoms with E-state index in [1.807, 2.05) is 0 Å². The molecule has 2 unspecified atom stereocenters. The predicted octanol–water partition coefficient (Wildman–Crippen LogP) is 1.93. The summed E-state index contributed by atoms with van der Waals surface area (Å²) in [5.41, 5.74) is -0.0932. The maximum Gasteiger partial charge on any atom is 0.0610 e. The summed E-state index contributed by atoms with van der Waals surface area (Å²) in [5.74, 6) is 0. The second kappa shape index (κ2) is 9.78. The van der Waals surface area contributed by atoms with Crippen molar-refractivity contribution in [2.24, 2.45) is 0 Å². The van der Waals surface area contributed by atoms with E-state index in [4.69, 9.17) is 0 Å². The summed E-state index contributed by atoms with van der Waals surface area (Å²) >= 11 is 0. The molecular formula is C17H37N3O. The summed E-state index contributed by atoms with van der Waals surface area (Å²) < 4.78 is 0. The van der Waals surface area contributed by atoms with Gasteiger partial charge < -0.3 is 15.3 Å². The molecule has 0 aliphatic carbocycles. The highest BCUT2D eigenvalue weighted by molar-refractivity contribution is 4.82. The predicted molar refractivity (Wildman–Crippen MR) is 90.8 cm³/mol. The Morgan fingerprint density at radius 1 is 1.14 bits per heavy atom. The van der Waals surface area contributed by atoms with E-state index in [0.717, 1.165) is 19.0 Å². The van der Waals surface area contributed by atoms with Gasteiger partial charge in [-0.3, -0.25) is 4.90 Å². The highest BCUT2D eigenvalue weighted by Gasteiger charge is 2.22. The number of aliphatic hydroxyl groups is 1. The smallest absolute Gasteiger partial charge is 0.0610 e. The van der Waals surface area contributed by atoms with Gasteiger partial charge in [0.1, 0.15) is 0 Å². The zero-order chi connectivity index (χ0) is 15.7. The SMILES string of the molecule is CCNC(C)(CO)CCCCN1CCN(C(C)CC)CC1. The van der Waals surface area contributed by atoms with E-state index in [1.165, 1.54) is 52.0 Å². The summed E-state index contributed by atoms with van der Waals surface area (Å²) in [6.07, 6.45) is 4.74. The van der Waals surface area contributed by atoms with Crippen LogP contribution in [0.1, 0.15) is 53.4 Å². The van der Waals surface area contributed by atoms with Gasteiger partial charge in [-0.05, 0) is 46.2 Å². The first-order chi connectivity index (χ1) is 10.0. The quantitative estimate of drug-likeness (QED) is 0.605. The molecule has 0 bridgehead atoms. The summed E-state index contributed by atoms with van der Waals surface area (Å²) in [5, 5.41) is 12.9. The van der Waals surface area contributed by atoms with Crippen molar-refractivity contribution in [3.05, 3.63) is 0 Å². The van der Waals surface area contributed by atoms with Crippen LogP contribution in [0.5, 0.6) is 0 Å². The normalized spacial score (nSPS) is 22.1. The number of nitrogens with zero attached hydrogens (tertiary/aromatic N) is 2. The Kier molecular flexibility index (Phi) is 8.79. The molecule has 0 saturated carbocycles. The van der Waals surface area contributed by atoms with Crippen LogP contribution in [-0.4, -0.2) is 72.4 Å². The molecule has 1 saturated heterocycles. The van der Waals surface area contributed by atoms with Crippen LogP contribution < -0.4 is 5.32 Å². The third kappa shape index (κ3) is 6.64. The minimum atomic E-state index is -0.0932. The van der Waals surface area contributed by atoms with Gasteiger partial charge in [0, 0.05) is 37.8 Å². The number of aliphatic hydroxyl groups excluding tert-OH is 1. The molecule has 2 atom stereocenters. The molecule has 0 radical (unpaired) electrons. The Balaban J connectivity index is 2.14. The van der Waals surface area contributed by atoms with Gasteiger partial charge in [-0.15, -0.1) is 0 Å². The zero-order valence-corrected chi connectivity index (χ0v) is 14.7. The van der Waals surface area contributed by atoms with Crippen LogP contribution in [0.3, 0.4) is 0 Å². The summed E-state index contributed by atoms with van der Waals surface area (Å²) in [4.78, 5) is 5.22. The van der Waals surface area contributed by atoms with Gasteiger partial charge in [-0.25, -0.2) is 0 Å². The Bertz CT molecular complexity index is 267. The molecule has 0 amide bonds. The molecular weight excluding hydrogens is 262 g/mol.